The molecule has 0 radical (unpaired) electrons. The topological polar surface area (TPSA) is 72.3 Å². The number of anilines is 1. The third-order valence-corrected chi connectivity index (χ3v) is 2.07. The van der Waals surface area contributed by atoms with E-state index in [4.69, 9.17) is 11.5 Å². The molecule has 0 aliphatic carbocycles. The molecule has 15 heavy (non-hydrogen) atoms. The summed E-state index contributed by atoms with van der Waals surface area (Å²) in [6.07, 6.45) is -2.72. The van der Waals surface area contributed by atoms with Crippen molar-refractivity contribution in [2.75, 3.05) is 5.73 Å². The highest BCUT2D eigenvalue weighted by atomic mass is 35.5. The lowest BCUT2D eigenvalue weighted by Gasteiger charge is -2.16. The molecule has 5 N–H and O–H groups in total. The molecule has 0 saturated carbocycles. The van der Waals surface area contributed by atoms with Crippen LogP contribution in [0.15, 0.2) is 12.1 Å². The predicted octanol–water partition coefficient (Wildman–Crippen LogP) is 1.97. The van der Waals surface area contributed by atoms with Gasteiger partial charge in [0.05, 0.1) is 11.7 Å². The minimum Gasteiger partial charge on any atom is -0.505 e. The Morgan fingerprint density at radius 1 is 1.33 bits per heavy atom. The van der Waals surface area contributed by atoms with Gasteiger partial charge in [-0.3, -0.25) is 0 Å². The molecule has 86 valence electrons. The summed E-state index contributed by atoms with van der Waals surface area (Å²) in [4.78, 5) is 0. The molecule has 1 atom stereocenters. The van der Waals surface area contributed by atoms with E-state index in [9.17, 15) is 13.9 Å². The number of hydrogen-bond donors (Lipinski definition) is 3. The second-order valence-electron chi connectivity index (χ2n) is 3.09. The van der Waals surface area contributed by atoms with Gasteiger partial charge < -0.3 is 16.6 Å². The van der Waals surface area contributed by atoms with E-state index in [-0.39, 0.29) is 29.4 Å². The van der Waals surface area contributed by atoms with Crippen LogP contribution in [0.2, 0.25) is 0 Å². The number of hydrogen-bond acceptors (Lipinski definition) is 3. The van der Waals surface area contributed by atoms with Crippen LogP contribution in [-0.2, 0) is 0 Å². The normalized spacial score (nSPS) is 12.3. The van der Waals surface area contributed by atoms with Gasteiger partial charge in [-0.05, 0) is 18.6 Å². The molecule has 6 heteroatoms. The fraction of sp³-hybridized carbons (Fsp3) is 0.333. The van der Waals surface area contributed by atoms with Crippen LogP contribution < -0.4 is 11.5 Å². The molecule has 0 aromatic heterocycles. The quantitative estimate of drug-likeness (QED) is 0.545. The monoisotopic (exact) mass is 238 g/mol. The average molecular weight is 239 g/mol. The van der Waals surface area contributed by atoms with E-state index in [1.807, 2.05) is 0 Å². The summed E-state index contributed by atoms with van der Waals surface area (Å²) in [6.45, 7) is 1.59. The molecule has 1 aromatic carbocycles. The van der Waals surface area contributed by atoms with E-state index in [1.165, 1.54) is 6.07 Å². The molecule has 0 saturated heterocycles. The molecular weight excluding hydrogens is 226 g/mol. The summed E-state index contributed by atoms with van der Waals surface area (Å²) in [6, 6.07) is 1.50. The number of benzene rings is 1. The largest absolute Gasteiger partial charge is 0.505 e. The van der Waals surface area contributed by atoms with Crippen molar-refractivity contribution in [2.45, 2.75) is 19.4 Å². The summed E-state index contributed by atoms with van der Waals surface area (Å²) < 4.78 is 24.7. The Bertz CT molecular complexity index is 347. The van der Waals surface area contributed by atoms with E-state index in [1.54, 1.807) is 13.0 Å². The van der Waals surface area contributed by atoms with E-state index in [2.05, 4.69) is 0 Å². The number of aryl methyl sites for hydroxylation is 1. The van der Waals surface area contributed by atoms with Crippen molar-refractivity contribution in [2.24, 2.45) is 5.73 Å². The van der Waals surface area contributed by atoms with Crippen LogP contribution in [0.25, 0.3) is 0 Å². The fourth-order valence-corrected chi connectivity index (χ4v) is 1.27. The van der Waals surface area contributed by atoms with Crippen molar-refractivity contribution in [3.05, 3.63) is 23.3 Å². The van der Waals surface area contributed by atoms with Crippen LogP contribution in [-0.4, -0.2) is 11.5 Å². The Labute approximate surface area is 92.5 Å². The Kier molecular flexibility index (Phi) is 4.77. The zero-order valence-electron chi connectivity index (χ0n) is 8.08. The van der Waals surface area contributed by atoms with Crippen LogP contribution in [0.3, 0.4) is 0 Å². The van der Waals surface area contributed by atoms with Crippen molar-refractivity contribution < 1.29 is 13.9 Å². The zero-order valence-corrected chi connectivity index (χ0v) is 8.89. The first-order valence-electron chi connectivity index (χ1n) is 4.06. The van der Waals surface area contributed by atoms with Gasteiger partial charge in [-0.2, -0.15) is 0 Å². The van der Waals surface area contributed by atoms with Crippen LogP contribution >= 0.6 is 12.4 Å². The highest BCUT2D eigenvalue weighted by Crippen LogP contribution is 2.34. The molecule has 0 unspecified atom stereocenters. The van der Waals surface area contributed by atoms with Gasteiger partial charge in [0.25, 0.3) is 6.43 Å². The molecule has 0 bridgehead atoms. The summed E-state index contributed by atoms with van der Waals surface area (Å²) in [5.41, 5.74) is 11.2. The first kappa shape index (κ1) is 13.9. The van der Waals surface area contributed by atoms with Gasteiger partial charge in [-0.15, -0.1) is 12.4 Å². The second kappa shape index (κ2) is 5.14. The van der Waals surface area contributed by atoms with E-state index in [0.29, 0.717) is 5.56 Å². The molecule has 0 aliphatic heterocycles. The minimum atomic E-state index is -2.72. The Morgan fingerprint density at radius 2 is 1.87 bits per heavy atom. The predicted molar refractivity (Wildman–Crippen MR) is 57.4 cm³/mol. The SMILES string of the molecule is Cc1ccc(N)c(O)c1[C@@H](N)C(F)F.Cl. The molecule has 0 heterocycles. The Hall–Kier alpha value is -1.07. The number of phenols is 1. The van der Waals surface area contributed by atoms with E-state index < -0.39 is 12.5 Å². The average Bonchev–Trinajstić information content (AvgIpc) is 2.12. The molecule has 0 aliphatic rings. The highest BCUT2D eigenvalue weighted by molar-refractivity contribution is 5.85. The molecule has 3 nitrogen and oxygen atoms in total. The van der Waals surface area contributed by atoms with Crippen molar-refractivity contribution in [3.8, 4) is 5.75 Å². The first-order valence-corrected chi connectivity index (χ1v) is 4.06. The van der Waals surface area contributed by atoms with Crippen LogP contribution in [0.1, 0.15) is 17.2 Å². The maximum absolute atomic E-state index is 12.3. The first-order chi connectivity index (χ1) is 6.45. The highest BCUT2D eigenvalue weighted by Gasteiger charge is 2.23. The van der Waals surface area contributed by atoms with Crippen molar-refractivity contribution in [3.63, 3.8) is 0 Å². The third kappa shape index (κ3) is 2.70. The van der Waals surface area contributed by atoms with Gasteiger partial charge >= 0.3 is 0 Å². The Morgan fingerprint density at radius 3 is 2.33 bits per heavy atom. The van der Waals surface area contributed by atoms with Crippen LogP contribution in [0.4, 0.5) is 14.5 Å². The summed E-state index contributed by atoms with van der Waals surface area (Å²) in [5, 5.41) is 9.46. The number of nitrogens with two attached hydrogens (primary N) is 2. The third-order valence-electron chi connectivity index (χ3n) is 2.07. The van der Waals surface area contributed by atoms with Crippen molar-refractivity contribution in [1.82, 2.24) is 0 Å². The van der Waals surface area contributed by atoms with Gasteiger partial charge in [-0.1, -0.05) is 6.07 Å². The number of phenolic OH excluding ortho intramolecular Hbond substituents is 1. The molecule has 0 amide bonds. The van der Waals surface area contributed by atoms with Gasteiger partial charge in [-0.25, -0.2) is 8.78 Å². The van der Waals surface area contributed by atoms with Crippen LogP contribution in [0, 0.1) is 6.92 Å². The number of aromatic hydroxyl groups is 1. The van der Waals surface area contributed by atoms with Crippen molar-refractivity contribution >= 4 is 18.1 Å². The van der Waals surface area contributed by atoms with Gasteiger partial charge in [0, 0.05) is 5.56 Å². The van der Waals surface area contributed by atoms with E-state index in [0.717, 1.165) is 0 Å². The maximum atomic E-state index is 12.3. The number of rotatable bonds is 2. The zero-order chi connectivity index (χ0) is 10.9. The molecule has 0 fully saturated rings. The summed E-state index contributed by atoms with van der Waals surface area (Å²) >= 11 is 0. The number of halogens is 3. The standard InChI is InChI=1S/C9H12F2N2O.ClH/c1-4-2-3-5(12)8(14)6(4)7(13)9(10)11;/h2-3,7,9,14H,12-13H2,1H3;1H/t7-;/m1./s1. The smallest absolute Gasteiger partial charge is 0.257 e. The second-order valence-corrected chi connectivity index (χ2v) is 3.09. The van der Waals surface area contributed by atoms with Gasteiger partial charge in [0.1, 0.15) is 5.75 Å². The summed E-state index contributed by atoms with van der Waals surface area (Å²) in [7, 11) is 0. The summed E-state index contributed by atoms with van der Waals surface area (Å²) in [5.74, 6) is -0.349. The molecule has 0 spiro atoms. The van der Waals surface area contributed by atoms with E-state index >= 15 is 0 Å². The minimum absolute atomic E-state index is 0. The van der Waals surface area contributed by atoms with Gasteiger partial charge in [0.15, 0.2) is 0 Å². The molecule has 1 aromatic rings. The lowest BCUT2D eigenvalue weighted by molar-refractivity contribution is 0.115. The maximum Gasteiger partial charge on any atom is 0.257 e. The fourth-order valence-electron chi connectivity index (χ4n) is 1.27. The Balaban J connectivity index is 0.00000196. The lowest BCUT2D eigenvalue weighted by Crippen LogP contribution is -2.20. The molecule has 1 rings (SSSR count). The lowest BCUT2D eigenvalue weighted by atomic mass is 10.00. The molecular formula is C9H13ClF2N2O. The van der Waals surface area contributed by atoms with Crippen LogP contribution in [0.5, 0.6) is 5.75 Å². The van der Waals surface area contributed by atoms with Gasteiger partial charge in [0.2, 0.25) is 0 Å². The number of nitrogen functional groups attached to an aromatic ring is 1. The van der Waals surface area contributed by atoms with Crippen molar-refractivity contribution in [1.29, 1.82) is 0 Å². The number of alkyl halides is 2.